The Hall–Kier alpha value is -0.120. The number of unbranched alkanes of at least 4 members (excludes halogenated alkanes) is 8. The summed E-state index contributed by atoms with van der Waals surface area (Å²) in [6.07, 6.45) is 11.2. The van der Waals surface area contributed by atoms with E-state index < -0.39 is 0 Å². The number of aliphatic hydroxyl groups is 2. The Kier molecular flexibility index (Phi) is 13.8. The largest absolute Gasteiger partial charge is 0.394 e. The first-order valence-corrected chi connectivity index (χ1v) is 7.18. The second-order valence-electron chi connectivity index (χ2n) is 4.69. The summed E-state index contributed by atoms with van der Waals surface area (Å²) in [7, 11) is 0. The van der Waals surface area contributed by atoms with E-state index in [4.69, 9.17) is 14.9 Å². The Labute approximate surface area is 106 Å². The molecular weight excluding hydrogens is 216 g/mol. The Bertz CT molecular complexity index is 135. The SMILES string of the molecule is CCCCCCCCCCCOC(CO)CO. The lowest BCUT2D eigenvalue weighted by Gasteiger charge is -2.11. The van der Waals surface area contributed by atoms with Crippen molar-refractivity contribution in [3.8, 4) is 0 Å². The molecule has 2 N–H and O–H groups in total. The molecule has 0 aliphatic heterocycles. The standard InChI is InChI=1S/C14H30O3/c1-2-3-4-5-6-7-8-9-10-11-17-14(12-15)13-16/h14-16H,2-13H2,1H3. The van der Waals surface area contributed by atoms with E-state index in [0.29, 0.717) is 6.61 Å². The third-order valence-electron chi connectivity index (χ3n) is 3.01. The highest BCUT2D eigenvalue weighted by molar-refractivity contribution is 4.52. The molecule has 17 heavy (non-hydrogen) atoms. The van der Waals surface area contributed by atoms with E-state index in [2.05, 4.69) is 6.92 Å². The van der Waals surface area contributed by atoms with Gasteiger partial charge in [0.2, 0.25) is 0 Å². The molecule has 0 aromatic heterocycles. The molecule has 0 aromatic carbocycles. The van der Waals surface area contributed by atoms with Gasteiger partial charge in [-0.2, -0.15) is 0 Å². The quantitative estimate of drug-likeness (QED) is 0.491. The Morgan fingerprint density at radius 3 is 1.71 bits per heavy atom. The molecule has 0 bridgehead atoms. The molecule has 3 nitrogen and oxygen atoms in total. The zero-order chi connectivity index (χ0) is 12.8. The molecule has 0 saturated carbocycles. The van der Waals surface area contributed by atoms with Crippen LogP contribution in [0.1, 0.15) is 64.7 Å². The fourth-order valence-corrected chi connectivity index (χ4v) is 1.83. The molecule has 0 unspecified atom stereocenters. The third kappa shape index (κ3) is 12.1. The fraction of sp³-hybridized carbons (Fsp3) is 1.00. The summed E-state index contributed by atoms with van der Waals surface area (Å²) in [5.74, 6) is 0. The summed E-state index contributed by atoms with van der Waals surface area (Å²) in [6.45, 7) is 2.72. The van der Waals surface area contributed by atoms with Gasteiger partial charge in [0.05, 0.1) is 13.2 Å². The third-order valence-corrected chi connectivity index (χ3v) is 3.01. The van der Waals surface area contributed by atoms with Crippen LogP contribution in [0, 0.1) is 0 Å². The van der Waals surface area contributed by atoms with Crippen molar-refractivity contribution >= 4 is 0 Å². The van der Waals surface area contributed by atoms with Crippen molar-refractivity contribution in [2.45, 2.75) is 70.8 Å². The van der Waals surface area contributed by atoms with Crippen molar-refractivity contribution in [3.63, 3.8) is 0 Å². The topological polar surface area (TPSA) is 49.7 Å². The number of rotatable bonds is 13. The van der Waals surface area contributed by atoms with Gasteiger partial charge in [0.25, 0.3) is 0 Å². The van der Waals surface area contributed by atoms with Gasteiger partial charge in [0, 0.05) is 6.61 Å². The van der Waals surface area contributed by atoms with E-state index in [1.165, 1.54) is 51.4 Å². The van der Waals surface area contributed by atoms with Gasteiger partial charge in [-0.15, -0.1) is 0 Å². The molecule has 0 aliphatic carbocycles. The Morgan fingerprint density at radius 2 is 1.24 bits per heavy atom. The Balaban J connectivity index is 3.03. The van der Waals surface area contributed by atoms with Crippen LogP contribution in [0.25, 0.3) is 0 Å². The van der Waals surface area contributed by atoms with Crippen LogP contribution < -0.4 is 0 Å². The first kappa shape index (κ1) is 16.9. The van der Waals surface area contributed by atoms with E-state index in [9.17, 15) is 0 Å². The monoisotopic (exact) mass is 246 g/mol. The molecule has 0 radical (unpaired) electrons. The average molecular weight is 246 g/mol. The molecular formula is C14H30O3. The first-order valence-electron chi connectivity index (χ1n) is 7.18. The van der Waals surface area contributed by atoms with Gasteiger partial charge >= 0.3 is 0 Å². The predicted octanol–water partition coefficient (Wildman–Crippen LogP) is 2.89. The van der Waals surface area contributed by atoms with Crippen LogP contribution in [0.2, 0.25) is 0 Å². The van der Waals surface area contributed by atoms with Crippen LogP contribution in [0.15, 0.2) is 0 Å². The van der Waals surface area contributed by atoms with Gasteiger partial charge in [0.15, 0.2) is 0 Å². The highest BCUT2D eigenvalue weighted by atomic mass is 16.5. The van der Waals surface area contributed by atoms with Crippen LogP contribution in [-0.2, 0) is 4.74 Å². The summed E-state index contributed by atoms with van der Waals surface area (Å²) < 4.78 is 5.30. The van der Waals surface area contributed by atoms with Crippen LogP contribution in [-0.4, -0.2) is 36.1 Å². The van der Waals surface area contributed by atoms with E-state index in [0.717, 1.165) is 6.42 Å². The summed E-state index contributed by atoms with van der Waals surface area (Å²) in [5.41, 5.74) is 0. The average Bonchev–Trinajstić information content (AvgIpc) is 2.36. The van der Waals surface area contributed by atoms with Gasteiger partial charge in [0.1, 0.15) is 6.10 Å². The molecule has 0 amide bonds. The second-order valence-corrected chi connectivity index (χ2v) is 4.69. The van der Waals surface area contributed by atoms with Crippen molar-refractivity contribution in [1.82, 2.24) is 0 Å². The predicted molar refractivity (Wildman–Crippen MR) is 71.1 cm³/mol. The number of ether oxygens (including phenoxy) is 1. The molecule has 104 valence electrons. The molecule has 0 rings (SSSR count). The molecule has 0 aromatic rings. The maximum absolute atomic E-state index is 8.78. The fourth-order valence-electron chi connectivity index (χ4n) is 1.83. The van der Waals surface area contributed by atoms with Crippen molar-refractivity contribution in [2.75, 3.05) is 19.8 Å². The molecule has 0 saturated heterocycles. The lowest BCUT2D eigenvalue weighted by molar-refractivity contribution is -0.0208. The van der Waals surface area contributed by atoms with E-state index in [-0.39, 0.29) is 19.3 Å². The summed E-state index contributed by atoms with van der Waals surface area (Å²) in [4.78, 5) is 0. The van der Waals surface area contributed by atoms with E-state index >= 15 is 0 Å². The van der Waals surface area contributed by atoms with Gasteiger partial charge < -0.3 is 14.9 Å². The molecule has 3 heteroatoms. The summed E-state index contributed by atoms with van der Waals surface area (Å²) >= 11 is 0. The minimum atomic E-state index is -0.385. The lowest BCUT2D eigenvalue weighted by atomic mass is 10.1. The molecule has 0 spiro atoms. The minimum absolute atomic E-state index is 0.0894. The second kappa shape index (κ2) is 13.9. The van der Waals surface area contributed by atoms with Crippen molar-refractivity contribution in [3.05, 3.63) is 0 Å². The van der Waals surface area contributed by atoms with Gasteiger partial charge in [-0.1, -0.05) is 58.3 Å². The molecule has 0 aliphatic rings. The van der Waals surface area contributed by atoms with E-state index in [1.54, 1.807) is 0 Å². The van der Waals surface area contributed by atoms with Crippen LogP contribution >= 0.6 is 0 Å². The summed E-state index contributed by atoms with van der Waals surface area (Å²) in [6, 6.07) is 0. The number of aliphatic hydroxyl groups excluding tert-OH is 2. The van der Waals surface area contributed by atoms with Gasteiger partial charge in [-0.25, -0.2) is 0 Å². The van der Waals surface area contributed by atoms with E-state index in [1.807, 2.05) is 0 Å². The first-order chi connectivity index (χ1) is 8.35. The zero-order valence-electron chi connectivity index (χ0n) is 11.4. The van der Waals surface area contributed by atoms with Crippen molar-refractivity contribution in [1.29, 1.82) is 0 Å². The van der Waals surface area contributed by atoms with Crippen LogP contribution in [0.5, 0.6) is 0 Å². The summed E-state index contributed by atoms with van der Waals surface area (Å²) in [5, 5.41) is 17.6. The van der Waals surface area contributed by atoms with Crippen LogP contribution in [0.3, 0.4) is 0 Å². The lowest BCUT2D eigenvalue weighted by Crippen LogP contribution is -2.22. The van der Waals surface area contributed by atoms with Crippen molar-refractivity contribution < 1.29 is 14.9 Å². The Morgan fingerprint density at radius 1 is 0.765 bits per heavy atom. The normalized spacial score (nSPS) is 11.3. The minimum Gasteiger partial charge on any atom is -0.394 e. The zero-order valence-corrected chi connectivity index (χ0v) is 11.4. The molecule has 0 heterocycles. The highest BCUT2D eigenvalue weighted by Gasteiger charge is 2.04. The maximum atomic E-state index is 8.78. The smallest absolute Gasteiger partial charge is 0.104 e. The highest BCUT2D eigenvalue weighted by Crippen LogP contribution is 2.09. The molecule has 0 fully saturated rings. The number of hydrogen-bond acceptors (Lipinski definition) is 3. The number of hydrogen-bond donors (Lipinski definition) is 2. The van der Waals surface area contributed by atoms with Crippen LogP contribution in [0.4, 0.5) is 0 Å². The van der Waals surface area contributed by atoms with Gasteiger partial charge in [-0.05, 0) is 6.42 Å². The maximum Gasteiger partial charge on any atom is 0.104 e. The van der Waals surface area contributed by atoms with Crippen molar-refractivity contribution in [2.24, 2.45) is 0 Å². The molecule has 0 atom stereocenters. The van der Waals surface area contributed by atoms with Gasteiger partial charge in [-0.3, -0.25) is 0 Å².